The molecule has 5 nitrogen and oxygen atoms in total. The molecule has 0 spiro atoms. The molecule has 1 atom stereocenters. The molecule has 0 heterocycles. The van der Waals surface area contributed by atoms with Crippen LogP contribution in [0.25, 0.3) is 6.08 Å². The summed E-state index contributed by atoms with van der Waals surface area (Å²) in [6, 6.07) is 9.77. The van der Waals surface area contributed by atoms with Crippen LogP contribution in [0.4, 0.5) is 5.69 Å². The molecule has 2 aromatic carbocycles. The molecule has 2 rings (SSSR count). The summed E-state index contributed by atoms with van der Waals surface area (Å²) in [6.45, 7) is 3.92. The van der Waals surface area contributed by atoms with Crippen LogP contribution < -0.4 is 14.8 Å². The zero-order valence-electron chi connectivity index (χ0n) is 16.1. The summed E-state index contributed by atoms with van der Waals surface area (Å²) < 4.78 is 11.2. The number of rotatable bonds is 7. The van der Waals surface area contributed by atoms with Crippen LogP contribution in [0.2, 0.25) is 15.1 Å². The van der Waals surface area contributed by atoms with Crippen LogP contribution in [0, 0.1) is 11.3 Å². The Kier molecular flexibility index (Phi) is 8.21. The number of nitrogens with zero attached hydrogens (tertiary/aromatic N) is 1. The van der Waals surface area contributed by atoms with E-state index in [0.29, 0.717) is 37.8 Å². The second-order valence-electron chi connectivity index (χ2n) is 6.12. The van der Waals surface area contributed by atoms with Crippen LogP contribution in [-0.4, -0.2) is 19.1 Å². The lowest BCUT2D eigenvalue weighted by atomic mass is 10.1. The third-order valence-electron chi connectivity index (χ3n) is 4.00. The Morgan fingerprint density at radius 3 is 2.52 bits per heavy atom. The molecule has 0 aliphatic rings. The molecule has 1 unspecified atom stereocenters. The minimum absolute atomic E-state index is 0.0468. The molecule has 0 radical (unpaired) electrons. The highest BCUT2D eigenvalue weighted by atomic mass is 35.5. The van der Waals surface area contributed by atoms with E-state index in [-0.39, 0.29) is 11.7 Å². The third-order valence-corrected chi connectivity index (χ3v) is 5.02. The van der Waals surface area contributed by atoms with E-state index in [0.717, 1.165) is 6.42 Å². The third kappa shape index (κ3) is 6.04. The second kappa shape index (κ2) is 10.4. The van der Waals surface area contributed by atoms with Crippen LogP contribution in [-0.2, 0) is 4.79 Å². The Hall–Kier alpha value is -2.39. The fourth-order valence-electron chi connectivity index (χ4n) is 2.31. The highest BCUT2D eigenvalue weighted by Gasteiger charge is 2.16. The number of ether oxygens (including phenoxy) is 2. The fourth-order valence-corrected chi connectivity index (χ4v) is 2.87. The van der Waals surface area contributed by atoms with Gasteiger partial charge in [-0.25, -0.2) is 0 Å². The van der Waals surface area contributed by atoms with Crippen molar-refractivity contribution in [3.8, 4) is 17.6 Å². The van der Waals surface area contributed by atoms with Crippen molar-refractivity contribution in [1.29, 1.82) is 5.26 Å². The van der Waals surface area contributed by atoms with Crippen molar-refractivity contribution in [3.05, 3.63) is 56.5 Å². The number of anilines is 1. The number of hydrogen-bond acceptors (Lipinski definition) is 4. The fraction of sp³-hybridized carbons (Fsp3) is 0.238. The highest BCUT2D eigenvalue weighted by Crippen LogP contribution is 2.38. The van der Waals surface area contributed by atoms with E-state index in [1.807, 2.05) is 19.9 Å². The maximum Gasteiger partial charge on any atom is 0.266 e. The Balaban J connectivity index is 2.31. The molecular formula is C21H19Cl3N2O3. The summed E-state index contributed by atoms with van der Waals surface area (Å²) in [5.41, 5.74) is 0.812. The molecule has 0 saturated heterocycles. The van der Waals surface area contributed by atoms with Crippen molar-refractivity contribution >= 4 is 52.5 Å². The second-order valence-corrected chi connectivity index (χ2v) is 7.35. The number of amides is 1. The Morgan fingerprint density at radius 1 is 1.21 bits per heavy atom. The van der Waals surface area contributed by atoms with Gasteiger partial charge in [0.25, 0.3) is 5.91 Å². The zero-order valence-corrected chi connectivity index (χ0v) is 18.3. The SMILES string of the molecule is CCC(C)Oc1c(Cl)cc(C=C(C#N)C(=O)Nc2ccc(Cl)c(Cl)c2)cc1OC. The van der Waals surface area contributed by atoms with E-state index in [1.165, 1.54) is 19.3 Å². The molecular weight excluding hydrogens is 435 g/mol. The van der Waals surface area contributed by atoms with Crippen LogP contribution in [0.5, 0.6) is 11.5 Å². The van der Waals surface area contributed by atoms with E-state index < -0.39 is 5.91 Å². The number of carbonyl (C=O) groups is 1. The summed E-state index contributed by atoms with van der Waals surface area (Å²) in [5.74, 6) is 0.228. The predicted molar refractivity (Wildman–Crippen MR) is 117 cm³/mol. The van der Waals surface area contributed by atoms with Gasteiger partial charge >= 0.3 is 0 Å². The molecule has 0 aromatic heterocycles. The van der Waals surface area contributed by atoms with Crippen LogP contribution in [0.3, 0.4) is 0 Å². The minimum atomic E-state index is -0.596. The molecule has 0 bridgehead atoms. The highest BCUT2D eigenvalue weighted by molar-refractivity contribution is 6.42. The first-order chi connectivity index (χ1) is 13.8. The molecule has 0 saturated carbocycles. The van der Waals surface area contributed by atoms with E-state index in [2.05, 4.69) is 5.32 Å². The molecule has 29 heavy (non-hydrogen) atoms. The molecule has 0 aliphatic heterocycles. The molecule has 0 fully saturated rings. The van der Waals surface area contributed by atoms with Gasteiger partial charge in [0.15, 0.2) is 11.5 Å². The van der Waals surface area contributed by atoms with Gasteiger partial charge in [0.05, 0.1) is 28.3 Å². The predicted octanol–water partition coefficient (Wildman–Crippen LogP) is 6.38. The van der Waals surface area contributed by atoms with Gasteiger partial charge < -0.3 is 14.8 Å². The molecule has 8 heteroatoms. The Labute approximate surface area is 184 Å². The maximum atomic E-state index is 12.5. The number of halogens is 3. The number of carbonyl (C=O) groups excluding carboxylic acids is 1. The molecule has 0 aliphatic carbocycles. The number of methoxy groups -OCH3 is 1. The van der Waals surface area contributed by atoms with E-state index in [1.54, 1.807) is 24.3 Å². The number of nitrogens with one attached hydrogen (secondary N) is 1. The van der Waals surface area contributed by atoms with Crippen molar-refractivity contribution in [2.45, 2.75) is 26.4 Å². The van der Waals surface area contributed by atoms with E-state index in [9.17, 15) is 10.1 Å². The quantitative estimate of drug-likeness (QED) is 0.390. The largest absolute Gasteiger partial charge is 0.493 e. The lowest BCUT2D eigenvalue weighted by Gasteiger charge is -2.17. The molecule has 2 aromatic rings. The van der Waals surface area contributed by atoms with Crippen molar-refractivity contribution in [1.82, 2.24) is 0 Å². The van der Waals surface area contributed by atoms with Crippen molar-refractivity contribution in [3.63, 3.8) is 0 Å². The summed E-state index contributed by atoms with van der Waals surface area (Å²) in [6.07, 6.45) is 2.16. The van der Waals surface area contributed by atoms with Gasteiger partial charge in [-0.2, -0.15) is 5.26 Å². The summed E-state index contributed by atoms with van der Waals surface area (Å²) in [7, 11) is 1.49. The van der Waals surface area contributed by atoms with Gasteiger partial charge in [-0.3, -0.25) is 4.79 Å². The van der Waals surface area contributed by atoms with Crippen molar-refractivity contribution in [2.75, 3.05) is 12.4 Å². The first-order valence-corrected chi connectivity index (χ1v) is 9.84. The summed E-state index contributed by atoms with van der Waals surface area (Å²) in [5, 5.41) is 13.0. The van der Waals surface area contributed by atoms with Gasteiger partial charge in [0.2, 0.25) is 0 Å². The van der Waals surface area contributed by atoms with Gasteiger partial charge in [-0.1, -0.05) is 41.7 Å². The van der Waals surface area contributed by atoms with Crippen LogP contribution in [0.1, 0.15) is 25.8 Å². The van der Waals surface area contributed by atoms with Gasteiger partial charge in [-0.15, -0.1) is 0 Å². The number of benzene rings is 2. The van der Waals surface area contributed by atoms with Gasteiger partial charge in [0.1, 0.15) is 11.6 Å². The molecule has 152 valence electrons. The van der Waals surface area contributed by atoms with Gasteiger partial charge in [0, 0.05) is 5.69 Å². The standard InChI is InChI=1S/C21H19Cl3N2O3/c1-4-12(2)29-20-18(24)8-13(9-19(20)28-3)7-14(11-25)21(27)26-15-5-6-16(22)17(23)10-15/h5-10,12H,4H2,1-3H3,(H,26,27). The summed E-state index contributed by atoms with van der Waals surface area (Å²) >= 11 is 18.2. The average Bonchev–Trinajstić information content (AvgIpc) is 2.70. The van der Waals surface area contributed by atoms with E-state index in [4.69, 9.17) is 44.3 Å². The average molecular weight is 454 g/mol. The molecule has 1 N–H and O–H groups in total. The first-order valence-electron chi connectivity index (χ1n) is 8.71. The Morgan fingerprint density at radius 2 is 1.93 bits per heavy atom. The monoisotopic (exact) mass is 452 g/mol. The smallest absolute Gasteiger partial charge is 0.266 e. The first kappa shape index (κ1) is 22.9. The van der Waals surface area contributed by atoms with Crippen molar-refractivity contribution in [2.24, 2.45) is 0 Å². The summed E-state index contributed by atoms with van der Waals surface area (Å²) in [4.78, 5) is 12.5. The molecule has 1 amide bonds. The van der Waals surface area contributed by atoms with Crippen LogP contribution in [0.15, 0.2) is 35.9 Å². The number of hydrogen-bond donors (Lipinski definition) is 1. The normalized spacial score (nSPS) is 12.1. The maximum absolute atomic E-state index is 12.5. The lowest BCUT2D eigenvalue weighted by molar-refractivity contribution is -0.112. The minimum Gasteiger partial charge on any atom is -0.493 e. The van der Waals surface area contributed by atoms with Crippen LogP contribution >= 0.6 is 34.8 Å². The lowest BCUT2D eigenvalue weighted by Crippen LogP contribution is -2.13. The zero-order chi connectivity index (χ0) is 21.6. The van der Waals surface area contributed by atoms with E-state index >= 15 is 0 Å². The Bertz CT molecular complexity index is 984. The topological polar surface area (TPSA) is 71.3 Å². The number of nitriles is 1. The van der Waals surface area contributed by atoms with Gasteiger partial charge in [-0.05, 0) is 55.3 Å². The van der Waals surface area contributed by atoms with Crippen molar-refractivity contribution < 1.29 is 14.3 Å².